The van der Waals surface area contributed by atoms with Crippen LogP contribution >= 0.6 is 34.9 Å². The van der Waals surface area contributed by atoms with Gasteiger partial charge in [0.15, 0.2) is 10.0 Å². The number of hydrogen-bond donors (Lipinski definition) is 2. The second-order valence-corrected chi connectivity index (χ2v) is 11.2. The van der Waals surface area contributed by atoms with E-state index in [0.29, 0.717) is 21.4 Å². The van der Waals surface area contributed by atoms with Gasteiger partial charge in [0.2, 0.25) is 5.91 Å². The molecule has 0 bridgehead atoms. The SMILES string of the molecule is Cc1nnc(SCC2=C(C(=O)O)N3C(=O)[C@H](NC(=O)CCn4nc(C(F)(F)F)cc4C)[C@@H]3SC2)s1. The topological polar surface area (TPSA) is 130 Å². The Morgan fingerprint density at radius 2 is 2.06 bits per heavy atom. The van der Waals surface area contributed by atoms with Gasteiger partial charge in [-0.15, -0.1) is 22.0 Å². The molecule has 16 heteroatoms. The molecular weight excluding hydrogens is 529 g/mol. The highest BCUT2D eigenvalue weighted by Crippen LogP contribution is 2.41. The molecule has 1 fully saturated rings. The summed E-state index contributed by atoms with van der Waals surface area (Å²) in [6.07, 6.45) is -4.77. The zero-order valence-corrected chi connectivity index (χ0v) is 20.8. The van der Waals surface area contributed by atoms with Crippen LogP contribution < -0.4 is 5.32 Å². The number of aromatic nitrogens is 4. The minimum absolute atomic E-state index is 0.0927. The van der Waals surface area contributed by atoms with Crippen LogP contribution in [0.25, 0.3) is 0 Å². The molecule has 2 aliphatic heterocycles. The van der Waals surface area contributed by atoms with E-state index < -0.39 is 41.1 Å². The molecular formula is C19H19F3N6O4S3. The molecule has 2 aliphatic rings. The van der Waals surface area contributed by atoms with Crippen LogP contribution in [0, 0.1) is 13.8 Å². The molecule has 1 saturated heterocycles. The van der Waals surface area contributed by atoms with Crippen molar-refractivity contribution in [1.29, 1.82) is 0 Å². The molecule has 2 atom stereocenters. The summed E-state index contributed by atoms with van der Waals surface area (Å²) in [5, 5.41) is 23.9. The van der Waals surface area contributed by atoms with Crippen molar-refractivity contribution >= 4 is 52.6 Å². The number of hydrogen-bond acceptors (Lipinski definition) is 9. The molecule has 2 aromatic heterocycles. The predicted octanol–water partition coefficient (Wildman–Crippen LogP) is 2.29. The number of rotatable bonds is 8. The van der Waals surface area contributed by atoms with Crippen LogP contribution in [-0.2, 0) is 27.1 Å². The van der Waals surface area contributed by atoms with Crippen molar-refractivity contribution in [3.63, 3.8) is 0 Å². The average Bonchev–Trinajstić information content (AvgIpc) is 3.38. The highest BCUT2D eigenvalue weighted by atomic mass is 32.2. The van der Waals surface area contributed by atoms with Crippen LogP contribution in [0.15, 0.2) is 21.7 Å². The van der Waals surface area contributed by atoms with E-state index in [2.05, 4.69) is 20.6 Å². The van der Waals surface area contributed by atoms with Crippen LogP contribution in [0.4, 0.5) is 13.2 Å². The van der Waals surface area contributed by atoms with E-state index in [4.69, 9.17) is 0 Å². The lowest BCUT2D eigenvalue weighted by Crippen LogP contribution is -2.70. The van der Waals surface area contributed by atoms with Crippen molar-refractivity contribution in [2.24, 2.45) is 0 Å². The van der Waals surface area contributed by atoms with E-state index in [0.717, 1.165) is 15.8 Å². The maximum Gasteiger partial charge on any atom is 0.435 e. The number of carboxylic acids is 1. The van der Waals surface area contributed by atoms with Gasteiger partial charge in [0.1, 0.15) is 22.1 Å². The lowest BCUT2D eigenvalue weighted by atomic mass is 10.0. The number of carbonyl (C=O) groups excluding carboxylic acids is 2. The molecule has 2 aromatic rings. The summed E-state index contributed by atoms with van der Waals surface area (Å²) in [5.41, 5.74) is -0.305. The van der Waals surface area contributed by atoms with E-state index in [1.165, 1.54) is 46.7 Å². The number of amides is 2. The van der Waals surface area contributed by atoms with Gasteiger partial charge in [-0.05, 0) is 25.5 Å². The van der Waals surface area contributed by atoms with Gasteiger partial charge in [-0.25, -0.2) is 4.79 Å². The van der Waals surface area contributed by atoms with Crippen LogP contribution in [0.2, 0.25) is 0 Å². The summed E-state index contributed by atoms with van der Waals surface area (Å²) >= 11 is 4.07. The lowest BCUT2D eigenvalue weighted by Gasteiger charge is -2.49. The Kier molecular flexibility index (Phi) is 7.15. The molecule has 0 aliphatic carbocycles. The summed E-state index contributed by atoms with van der Waals surface area (Å²) < 4.78 is 40.2. The number of aliphatic carboxylic acids is 1. The summed E-state index contributed by atoms with van der Waals surface area (Å²) in [6, 6.07) is -0.0162. The maximum absolute atomic E-state index is 12.8. The Morgan fingerprint density at radius 3 is 2.66 bits per heavy atom. The standard InChI is InChI=1S/C19H19F3N6O4S3/c1-8-5-11(19(20,21)22)26-27(8)4-3-12(29)23-13-15(30)28-14(17(31)32)10(6-33-16(13)28)7-34-18-25-24-9(2)35-18/h5,13,16H,3-4,6-7H2,1-2H3,(H,23,29)(H,31,32)/t13-,16-/m0/s1. The fourth-order valence-corrected chi connectivity index (χ4v) is 6.91. The van der Waals surface area contributed by atoms with E-state index in [9.17, 15) is 32.7 Å². The first-order chi connectivity index (χ1) is 16.5. The van der Waals surface area contributed by atoms with Crippen molar-refractivity contribution in [3.8, 4) is 0 Å². The maximum atomic E-state index is 12.8. The number of halogens is 3. The normalized spacial score (nSPS) is 20.0. The van der Waals surface area contributed by atoms with Gasteiger partial charge >= 0.3 is 12.1 Å². The highest BCUT2D eigenvalue weighted by Gasteiger charge is 2.54. The van der Waals surface area contributed by atoms with E-state index in [-0.39, 0.29) is 24.4 Å². The molecule has 4 rings (SSSR count). The quantitative estimate of drug-likeness (QED) is 0.377. The van der Waals surface area contributed by atoms with Crippen LogP contribution in [0.3, 0.4) is 0 Å². The molecule has 35 heavy (non-hydrogen) atoms. The predicted molar refractivity (Wildman–Crippen MR) is 122 cm³/mol. The Labute approximate surface area is 209 Å². The van der Waals surface area contributed by atoms with Gasteiger partial charge in [0, 0.05) is 30.2 Å². The van der Waals surface area contributed by atoms with Gasteiger partial charge in [-0.3, -0.25) is 19.2 Å². The number of β-lactam (4-membered cyclic amide) rings is 1. The Balaban J connectivity index is 1.37. The molecule has 10 nitrogen and oxygen atoms in total. The van der Waals surface area contributed by atoms with Crippen LogP contribution in [0.5, 0.6) is 0 Å². The third-order valence-electron chi connectivity index (χ3n) is 5.27. The Hall–Kier alpha value is -2.59. The zero-order valence-electron chi connectivity index (χ0n) is 18.3. The van der Waals surface area contributed by atoms with Crippen molar-refractivity contribution < 1.29 is 32.7 Å². The first kappa shape index (κ1) is 25.5. The number of thioether (sulfide) groups is 2. The fourth-order valence-electron chi connectivity index (χ4n) is 3.61. The number of nitrogens with zero attached hydrogens (tertiary/aromatic N) is 5. The smallest absolute Gasteiger partial charge is 0.435 e. The van der Waals surface area contributed by atoms with Crippen LogP contribution in [0.1, 0.15) is 22.8 Å². The first-order valence-electron chi connectivity index (χ1n) is 10.2. The molecule has 2 amide bonds. The van der Waals surface area contributed by atoms with Crippen molar-refractivity contribution in [3.05, 3.63) is 33.7 Å². The van der Waals surface area contributed by atoms with E-state index in [1.54, 1.807) is 0 Å². The van der Waals surface area contributed by atoms with Gasteiger partial charge < -0.3 is 10.4 Å². The minimum Gasteiger partial charge on any atom is -0.477 e. The zero-order chi connectivity index (χ0) is 25.5. The molecule has 188 valence electrons. The van der Waals surface area contributed by atoms with Gasteiger partial charge in [0.25, 0.3) is 5.91 Å². The molecule has 0 aromatic carbocycles. The number of carboxylic acid groups (broad SMARTS) is 1. The number of nitrogens with one attached hydrogen (secondary N) is 1. The second kappa shape index (κ2) is 9.81. The van der Waals surface area contributed by atoms with Gasteiger partial charge in [-0.1, -0.05) is 23.1 Å². The summed E-state index contributed by atoms with van der Waals surface area (Å²) in [7, 11) is 0. The van der Waals surface area contributed by atoms with Crippen molar-refractivity contribution in [2.75, 3.05) is 11.5 Å². The minimum atomic E-state index is -4.58. The third kappa shape index (κ3) is 5.33. The second-order valence-electron chi connectivity index (χ2n) is 7.73. The lowest BCUT2D eigenvalue weighted by molar-refractivity contribution is -0.150. The van der Waals surface area contributed by atoms with Crippen LogP contribution in [-0.4, -0.2) is 70.7 Å². The third-order valence-corrected chi connectivity index (χ3v) is 8.66. The van der Waals surface area contributed by atoms with Crippen molar-refractivity contribution in [1.82, 2.24) is 30.2 Å². The fraction of sp³-hybridized carbons (Fsp3) is 0.474. The van der Waals surface area contributed by atoms with E-state index in [1.807, 2.05) is 6.92 Å². The Morgan fingerprint density at radius 1 is 1.31 bits per heavy atom. The molecule has 0 spiro atoms. The molecule has 0 unspecified atom stereocenters. The summed E-state index contributed by atoms with van der Waals surface area (Å²) in [5.74, 6) is -1.62. The van der Waals surface area contributed by atoms with Crippen molar-refractivity contribution in [2.45, 2.75) is 48.7 Å². The summed E-state index contributed by atoms with van der Waals surface area (Å²) in [6.45, 7) is 3.17. The summed E-state index contributed by atoms with van der Waals surface area (Å²) in [4.78, 5) is 38.3. The Bertz CT molecular complexity index is 1210. The number of carbonyl (C=O) groups is 3. The molecule has 0 radical (unpaired) electrons. The largest absolute Gasteiger partial charge is 0.477 e. The first-order valence-corrected chi connectivity index (χ1v) is 13.0. The van der Waals surface area contributed by atoms with Gasteiger partial charge in [0.05, 0.1) is 0 Å². The molecule has 4 heterocycles. The number of alkyl halides is 3. The van der Waals surface area contributed by atoms with E-state index >= 15 is 0 Å². The highest BCUT2D eigenvalue weighted by molar-refractivity contribution is 8.01. The molecule has 2 N–H and O–H groups in total. The van der Waals surface area contributed by atoms with Gasteiger partial charge in [-0.2, -0.15) is 18.3 Å². The number of aryl methyl sites for hydroxylation is 3. The number of fused-ring (bicyclic) bond motifs is 1. The average molecular weight is 549 g/mol. The molecule has 0 saturated carbocycles. The monoisotopic (exact) mass is 548 g/mol.